The minimum atomic E-state index is -0.885. The number of nitrogens with zero attached hydrogens (tertiary/aromatic N) is 1. The first-order valence-electron chi connectivity index (χ1n) is 10.9. The number of hydrogen-bond donors (Lipinski definition) is 2. The Balaban J connectivity index is 1.65. The highest BCUT2D eigenvalue weighted by molar-refractivity contribution is 6.46. The predicted octanol–water partition coefficient (Wildman–Crippen LogP) is 5.14. The molecular formula is C26H22ClNO5. The molecule has 1 aromatic heterocycles. The molecule has 1 unspecified atom stereocenters. The Labute approximate surface area is 195 Å². The van der Waals surface area contributed by atoms with E-state index in [0.717, 1.165) is 31.2 Å². The van der Waals surface area contributed by atoms with Crippen LogP contribution in [0, 0.1) is 0 Å². The zero-order valence-corrected chi connectivity index (χ0v) is 18.5. The number of carbonyl (C=O) groups is 2. The van der Waals surface area contributed by atoms with Crippen LogP contribution in [-0.2, 0) is 29.0 Å². The van der Waals surface area contributed by atoms with Gasteiger partial charge < -0.3 is 19.5 Å². The van der Waals surface area contributed by atoms with Crippen molar-refractivity contribution in [2.45, 2.75) is 38.3 Å². The van der Waals surface area contributed by atoms with Crippen molar-refractivity contribution in [2.75, 3.05) is 0 Å². The predicted molar refractivity (Wildman–Crippen MR) is 123 cm³/mol. The van der Waals surface area contributed by atoms with Gasteiger partial charge in [0.15, 0.2) is 0 Å². The van der Waals surface area contributed by atoms with Gasteiger partial charge in [0.2, 0.25) is 0 Å². The Hall–Kier alpha value is -3.51. The normalized spacial score (nSPS) is 19.7. The number of aryl methyl sites for hydroxylation is 2. The average molecular weight is 464 g/mol. The van der Waals surface area contributed by atoms with Gasteiger partial charge in [-0.15, -0.1) is 0 Å². The molecule has 1 amide bonds. The Morgan fingerprint density at radius 3 is 2.58 bits per heavy atom. The van der Waals surface area contributed by atoms with E-state index in [-0.39, 0.29) is 28.6 Å². The molecule has 2 heterocycles. The maximum absolute atomic E-state index is 13.2. The fraction of sp³-hybridized carbons (Fsp3) is 0.231. The summed E-state index contributed by atoms with van der Waals surface area (Å²) >= 11 is 6.14. The van der Waals surface area contributed by atoms with E-state index in [1.165, 1.54) is 28.9 Å². The largest absolute Gasteiger partial charge is 0.507 e. The van der Waals surface area contributed by atoms with Crippen molar-refractivity contribution in [1.82, 2.24) is 4.90 Å². The summed E-state index contributed by atoms with van der Waals surface area (Å²) in [5.41, 5.74) is 3.39. The van der Waals surface area contributed by atoms with Crippen LogP contribution in [0.2, 0.25) is 5.02 Å². The van der Waals surface area contributed by atoms with Crippen molar-refractivity contribution >= 4 is 29.1 Å². The molecule has 6 nitrogen and oxygen atoms in total. The van der Waals surface area contributed by atoms with E-state index in [1.54, 1.807) is 24.3 Å². The van der Waals surface area contributed by atoms with Gasteiger partial charge in [-0.25, -0.2) is 0 Å². The number of halogens is 1. The van der Waals surface area contributed by atoms with E-state index in [4.69, 9.17) is 16.0 Å². The lowest BCUT2D eigenvalue weighted by atomic mass is 9.88. The number of ketones is 1. The second kappa shape index (κ2) is 8.45. The lowest BCUT2D eigenvalue weighted by Gasteiger charge is -2.25. The Morgan fingerprint density at radius 1 is 1.06 bits per heavy atom. The van der Waals surface area contributed by atoms with Gasteiger partial charge >= 0.3 is 0 Å². The van der Waals surface area contributed by atoms with Gasteiger partial charge in [0.1, 0.15) is 17.3 Å². The molecule has 1 fully saturated rings. The number of aromatic hydroxyl groups is 1. The fourth-order valence-electron chi connectivity index (χ4n) is 4.69. The number of phenolic OH excluding ortho intramolecular Hbond substituents is 1. The van der Waals surface area contributed by atoms with Crippen LogP contribution in [0.5, 0.6) is 5.75 Å². The molecule has 0 spiro atoms. The monoisotopic (exact) mass is 463 g/mol. The number of furan rings is 1. The van der Waals surface area contributed by atoms with Crippen LogP contribution in [0.15, 0.2) is 64.8 Å². The summed E-state index contributed by atoms with van der Waals surface area (Å²) in [7, 11) is 0. The van der Waals surface area contributed by atoms with E-state index in [0.29, 0.717) is 16.9 Å². The number of aliphatic hydroxyl groups excluding tert-OH is 1. The third-order valence-corrected chi connectivity index (χ3v) is 6.66. The highest BCUT2D eigenvalue weighted by atomic mass is 35.5. The topological polar surface area (TPSA) is 91.0 Å². The van der Waals surface area contributed by atoms with Crippen LogP contribution in [-0.4, -0.2) is 26.8 Å². The SMILES string of the molecule is O=C1C(=O)N(Cc2ccco2)C(c2ccc(O)c(Cl)c2)/C1=C(/O)c1ccc2c(c1)CCCC2. The Bertz CT molecular complexity index is 1280. The lowest BCUT2D eigenvalue weighted by Crippen LogP contribution is -2.29. The summed E-state index contributed by atoms with van der Waals surface area (Å²) < 4.78 is 5.40. The minimum Gasteiger partial charge on any atom is -0.507 e. The van der Waals surface area contributed by atoms with Crippen molar-refractivity contribution < 1.29 is 24.2 Å². The number of hydrogen-bond acceptors (Lipinski definition) is 5. The number of likely N-dealkylation sites (tertiary alicyclic amines) is 1. The third kappa shape index (κ3) is 3.80. The van der Waals surface area contributed by atoms with Crippen molar-refractivity contribution in [2.24, 2.45) is 0 Å². The van der Waals surface area contributed by atoms with Gasteiger partial charge in [-0.3, -0.25) is 9.59 Å². The molecular weight excluding hydrogens is 442 g/mol. The van der Waals surface area contributed by atoms with Crippen LogP contribution in [0.4, 0.5) is 0 Å². The van der Waals surface area contributed by atoms with Gasteiger partial charge in [0, 0.05) is 5.56 Å². The van der Waals surface area contributed by atoms with E-state index in [1.807, 2.05) is 12.1 Å². The lowest BCUT2D eigenvalue weighted by molar-refractivity contribution is -0.140. The fourth-order valence-corrected chi connectivity index (χ4v) is 4.88. The summed E-state index contributed by atoms with van der Waals surface area (Å²) in [4.78, 5) is 27.6. The van der Waals surface area contributed by atoms with Crippen LogP contribution in [0.25, 0.3) is 5.76 Å². The molecule has 0 saturated carbocycles. The van der Waals surface area contributed by atoms with E-state index >= 15 is 0 Å². The zero-order chi connectivity index (χ0) is 23.1. The van der Waals surface area contributed by atoms with Gasteiger partial charge in [0.05, 0.1) is 29.4 Å². The number of fused-ring (bicyclic) bond motifs is 1. The van der Waals surface area contributed by atoms with Gasteiger partial charge in [-0.2, -0.15) is 0 Å². The van der Waals surface area contributed by atoms with Gasteiger partial charge in [0.25, 0.3) is 11.7 Å². The summed E-state index contributed by atoms with van der Waals surface area (Å²) in [6, 6.07) is 12.7. The highest BCUT2D eigenvalue weighted by Crippen LogP contribution is 2.42. The number of carbonyl (C=O) groups excluding carboxylic acids is 2. The Morgan fingerprint density at radius 2 is 1.85 bits per heavy atom. The molecule has 1 saturated heterocycles. The molecule has 2 aromatic carbocycles. The number of rotatable bonds is 4. The molecule has 33 heavy (non-hydrogen) atoms. The second-order valence-electron chi connectivity index (χ2n) is 8.41. The molecule has 1 atom stereocenters. The second-order valence-corrected chi connectivity index (χ2v) is 8.82. The average Bonchev–Trinajstić information content (AvgIpc) is 3.42. The van der Waals surface area contributed by atoms with Crippen molar-refractivity contribution in [3.05, 3.63) is 93.4 Å². The maximum Gasteiger partial charge on any atom is 0.296 e. The van der Waals surface area contributed by atoms with Crippen molar-refractivity contribution in [3.63, 3.8) is 0 Å². The van der Waals surface area contributed by atoms with E-state index in [2.05, 4.69) is 0 Å². The molecule has 0 bridgehead atoms. The number of amides is 1. The van der Waals surface area contributed by atoms with Gasteiger partial charge in [-0.05, 0) is 72.7 Å². The number of Topliss-reactive ketones (excluding diaryl/α,β-unsaturated/α-hetero) is 1. The zero-order valence-electron chi connectivity index (χ0n) is 17.8. The molecule has 1 aliphatic heterocycles. The summed E-state index contributed by atoms with van der Waals surface area (Å²) in [6.07, 6.45) is 5.62. The number of benzene rings is 2. The first-order valence-corrected chi connectivity index (χ1v) is 11.2. The first kappa shape index (κ1) is 21.3. The molecule has 2 N–H and O–H groups in total. The van der Waals surface area contributed by atoms with Crippen LogP contribution < -0.4 is 0 Å². The highest BCUT2D eigenvalue weighted by Gasteiger charge is 2.46. The summed E-state index contributed by atoms with van der Waals surface area (Å²) in [5, 5.41) is 21.2. The smallest absolute Gasteiger partial charge is 0.296 e. The molecule has 7 heteroatoms. The number of phenols is 1. The molecule has 168 valence electrons. The van der Waals surface area contributed by atoms with Crippen LogP contribution in [0.3, 0.4) is 0 Å². The molecule has 5 rings (SSSR count). The first-order chi connectivity index (χ1) is 15.9. The van der Waals surface area contributed by atoms with E-state index < -0.39 is 17.7 Å². The Kier molecular flexibility index (Phi) is 5.46. The minimum absolute atomic E-state index is 0.0101. The summed E-state index contributed by atoms with van der Waals surface area (Å²) in [5.74, 6) is -1.34. The van der Waals surface area contributed by atoms with Crippen molar-refractivity contribution in [3.8, 4) is 5.75 Å². The van der Waals surface area contributed by atoms with Crippen LogP contribution in [0.1, 0.15) is 46.9 Å². The van der Waals surface area contributed by atoms with Crippen molar-refractivity contribution in [1.29, 1.82) is 0 Å². The molecule has 0 radical (unpaired) electrons. The van der Waals surface area contributed by atoms with E-state index in [9.17, 15) is 19.8 Å². The molecule has 2 aliphatic rings. The molecule has 1 aliphatic carbocycles. The number of aliphatic hydroxyl groups is 1. The quantitative estimate of drug-likeness (QED) is 0.317. The van der Waals surface area contributed by atoms with Gasteiger partial charge in [-0.1, -0.05) is 29.8 Å². The van der Waals surface area contributed by atoms with Crippen LogP contribution >= 0.6 is 11.6 Å². The standard InChI is InChI=1S/C26H22ClNO5/c27-20-13-17(9-10-21(20)29)23-22(25(31)26(32)28(23)14-19-6-3-11-33-19)24(30)18-8-7-15-4-1-2-5-16(15)12-18/h3,6-13,23,29-30H,1-2,4-5,14H2/b24-22-. The summed E-state index contributed by atoms with van der Waals surface area (Å²) in [6.45, 7) is 0.0434. The maximum atomic E-state index is 13.2. The third-order valence-electron chi connectivity index (χ3n) is 6.36. The molecule has 3 aromatic rings.